The van der Waals surface area contributed by atoms with Crippen molar-refractivity contribution in [2.45, 2.75) is 145 Å². The number of fused-ring (bicyclic) bond motifs is 7. The van der Waals surface area contributed by atoms with E-state index in [1.165, 1.54) is 5.57 Å². The first kappa shape index (κ1) is 43.4. The number of hydrogen-bond acceptors (Lipinski definition) is 7. The number of ether oxygens (including phenoxy) is 1. The minimum Gasteiger partial charge on any atom is -0.481 e. The average Bonchev–Trinajstić information content (AvgIpc) is 3.05. The van der Waals surface area contributed by atoms with Crippen LogP contribution in [0.15, 0.2) is 11.6 Å². The first-order valence-corrected chi connectivity index (χ1v) is 18.5. The highest BCUT2D eigenvalue weighted by atomic mass is 16.5. The maximum absolute atomic E-state index is 13.7. The summed E-state index contributed by atoms with van der Waals surface area (Å²) in [5.41, 5.74) is 1.38. The summed E-state index contributed by atoms with van der Waals surface area (Å²) in [5, 5.41) is 28.0. The van der Waals surface area contributed by atoms with Crippen molar-refractivity contribution in [3.8, 4) is 0 Å². The molecule has 4 fully saturated rings. The Morgan fingerprint density at radius 1 is 0.900 bits per heavy atom. The Balaban J connectivity index is 0.00000116. The molecule has 0 spiro atoms. The van der Waals surface area contributed by atoms with E-state index in [0.717, 1.165) is 77.6 Å². The van der Waals surface area contributed by atoms with Crippen LogP contribution >= 0.6 is 0 Å². The third-order valence-electron chi connectivity index (χ3n) is 13.4. The minimum absolute atomic E-state index is 0. The third-order valence-corrected chi connectivity index (χ3v) is 13.4. The molecule has 5 aliphatic rings. The van der Waals surface area contributed by atoms with Gasteiger partial charge in [0.15, 0.2) is 0 Å². The van der Waals surface area contributed by atoms with Gasteiger partial charge in [0, 0.05) is 26.4 Å². The lowest BCUT2D eigenvalue weighted by Gasteiger charge is -2.66. The Labute approximate surface area is 300 Å². The number of nitrogens with one attached hydrogen (secondary N) is 1. The molecule has 0 aromatic carbocycles. The fraction of sp³-hybridized carbons (Fsp3) is 0.825. The Kier molecular flexibility index (Phi) is 15.3. The van der Waals surface area contributed by atoms with Gasteiger partial charge in [-0.15, -0.1) is 0 Å². The van der Waals surface area contributed by atoms with Gasteiger partial charge < -0.3 is 30.2 Å². The molecule has 10 heteroatoms. The SMILES string of the molecule is C.CC1C(OC(=O)CCCC(=O)O)CCC2(C)C1CCC1(C)C3CCC4(C(=O)NCC(=O)O)CCC(C)(C)CC4C3=CCC12.CCC=O.CO. The highest BCUT2D eigenvalue weighted by Crippen LogP contribution is 2.70. The fourth-order valence-electron chi connectivity index (χ4n) is 11.0. The van der Waals surface area contributed by atoms with Crippen molar-refractivity contribution in [2.24, 2.45) is 51.2 Å². The number of carboxylic acid groups (broad SMARTS) is 2. The van der Waals surface area contributed by atoms with Crippen LogP contribution in [-0.4, -0.2) is 65.2 Å². The van der Waals surface area contributed by atoms with E-state index >= 15 is 0 Å². The monoisotopic (exact) mass is 705 g/mol. The van der Waals surface area contributed by atoms with Gasteiger partial charge in [0.05, 0.1) is 5.41 Å². The predicted molar refractivity (Wildman–Crippen MR) is 193 cm³/mol. The molecule has 0 heterocycles. The molecule has 5 rings (SSSR count). The molecule has 286 valence electrons. The average molecular weight is 706 g/mol. The molecule has 4 N–H and O–H groups in total. The summed E-state index contributed by atoms with van der Waals surface area (Å²) in [4.78, 5) is 57.6. The van der Waals surface area contributed by atoms with E-state index in [9.17, 15) is 29.1 Å². The molecule has 9 unspecified atom stereocenters. The van der Waals surface area contributed by atoms with Gasteiger partial charge in [-0.1, -0.05) is 60.6 Å². The molecule has 1 amide bonds. The first-order valence-electron chi connectivity index (χ1n) is 18.5. The van der Waals surface area contributed by atoms with Gasteiger partial charge in [-0.05, 0) is 116 Å². The highest BCUT2D eigenvalue weighted by molar-refractivity contribution is 5.87. The number of carbonyl (C=O) groups is 5. The highest BCUT2D eigenvalue weighted by Gasteiger charge is 2.64. The van der Waals surface area contributed by atoms with Crippen molar-refractivity contribution < 1.29 is 44.0 Å². The molecule has 0 radical (unpaired) electrons. The van der Waals surface area contributed by atoms with E-state index in [-0.39, 0.29) is 72.9 Å². The summed E-state index contributed by atoms with van der Waals surface area (Å²) >= 11 is 0. The number of esters is 1. The Morgan fingerprint density at radius 2 is 1.54 bits per heavy atom. The second-order valence-electron chi connectivity index (χ2n) is 16.6. The van der Waals surface area contributed by atoms with Crippen molar-refractivity contribution >= 4 is 30.1 Å². The quantitative estimate of drug-likeness (QED) is 0.110. The summed E-state index contributed by atoms with van der Waals surface area (Å²) in [5.74, 6) is -0.402. The number of aliphatic hydroxyl groups is 1. The summed E-state index contributed by atoms with van der Waals surface area (Å²) in [6.07, 6.45) is 14.0. The van der Waals surface area contributed by atoms with E-state index in [4.69, 9.17) is 14.9 Å². The number of hydrogen-bond donors (Lipinski definition) is 4. The Morgan fingerprint density at radius 3 is 2.14 bits per heavy atom. The number of allylic oxidation sites excluding steroid dienone is 2. The summed E-state index contributed by atoms with van der Waals surface area (Å²) in [6.45, 7) is 13.4. The molecular weight excluding hydrogens is 638 g/mol. The zero-order chi connectivity index (χ0) is 36.8. The van der Waals surface area contributed by atoms with Crippen LogP contribution < -0.4 is 5.32 Å². The molecule has 0 aromatic heterocycles. The second-order valence-corrected chi connectivity index (χ2v) is 16.6. The van der Waals surface area contributed by atoms with Crippen LogP contribution in [0.1, 0.15) is 139 Å². The minimum atomic E-state index is -1.000. The van der Waals surface area contributed by atoms with E-state index < -0.39 is 17.4 Å². The largest absolute Gasteiger partial charge is 0.481 e. The lowest BCUT2D eigenvalue weighted by Crippen LogP contribution is -2.61. The maximum Gasteiger partial charge on any atom is 0.322 e. The first-order chi connectivity index (χ1) is 23.0. The maximum atomic E-state index is 13.7. The van der Waals surface area contributed by atoms with Crippen LogP contribution in [0.4, 0.5) is 0 Å². The number of rotatable bonds is 9. The molecule has 0 bridgehead atoms. The Hall–Kier alpha value is -2.75. The lowest BCUT2D eigenvalue weighted by molar-refractivity contribution is -0.179. The van der Waals surface area contributed by atoms with Gasteiger partial charge in [0.25, 0.3) is 0 Å². The molecule has 10 nitrogen and oxygen atoms in total. The van der Waals surface area contributed by atoms with Crippen LogP contribution in [0.3, 0.4) is 0 Å². The topological polar surface area (TPSA) is 167 Å². The van der Waals surface area contributed by atoms with E-state index in [2.05, 4.69) is 46.0 Å². The molecule has 0 saturated heterocycles. The van der Waals surface area contributed by atoms with Crippen molar-refractivity contribution in [1.29, 1.82) is 0 Å². The number of aldehydes is 1. The normalized spacial score (nSPS) is 36.1. The van der Waals surface area contributed by atoms with Crippen molar-refractivity contribution in [3.05, 3.63) is 11.6 Å². The van der Waals surface area contributed by atoms with Gasteiger partial charge in [0.1, 0.15) is 18.9 Å². The van der Waals surface area contributed by atoms with E-state index in [1.54, 1.807) is 0 Å². The van der Waals surface area contributed by atoms with Crippen molar-refractivity contribution in [2.75, 3.05) is 13.7 Å². The van der Waals surface area contributed by atoms with Crippen LogP contribution in [-0.2, 0) is 28.7 Å². The zero-order valence-corrected chi connectivity index (χ0v) is 31.0. The summed E-state index contributed by atoms with van der Waals surface area (Å²) < 4.78 is 5.95. The van der Waals surface area contributed by atoms with Gasteiger partial charge in [0.2, 0.25) is 5.91 Å². The zero-order valence-electron chi connectivity index (χ0n) is 31.0. The predicted octanol–water partition coefficient (Wildman–Crippen LogP) is 7.22. The molecule has 4 saturated carbocycles. The molecular formula is C40H67NO9. The second kappa shape index (κ2) is 17.6. The van der Waals surface area contributed by atoms with Crippen LogP contribution in [0.5, 0.6) is 0 Å². The van der Waals surface area contributed by atoms with E-state index in [1.807, 2.05) is 6.92 Å². The summed E-state index contributed by atoms with van der Waals surface area (Å²) in [7, 11) is 1.00. The third kappa shape index (κ3) is 8.82. The van der Waals surface area contributed by atoms with Gasteiger partial charge in [-0.2, -0.15) is 0 Å². The van der Waals surface area contributed by atoms with Crippen molar-refractivity contribution in [1.82, 2.24) is 5.32 Å². The fourth-order valence-corrected chi connectivity index (χ4v) is 11.0. The van der Waals surface area contributed by atoms with Gasteiger partial charge in [-0.3, -0.25) is 19.2 Å². The Bertz CT molecular complexity index is 1250. The molecule has 5 aliphatic carbocycles. The number of carboxylic acids is 2. The summed E-state index contributed by atoms with van der Waals surface area (Å²) in [6, 6.07) is 0. The number of carbonyl (C=O) groups excluding carboxylic acids is 3. The molecule has 0 aromatic rings. The van der Waals surface area contributed by atoms with Gasteiger partial charge in [-0.25, -0.2) is 0 Å². The number of amides is 1. The molecule has 9 atom stereocenters. The standard InChI is InChI=1S/C35H53NO7.C3H6O.CH4O.CH4/c1-21-23-11-14-34(5)24-12-16-35(31(42)36-20-29(39)40)18-17-32(2,3)19-25(35)22(24)9-10-27(34)33(23,4)15-13-26(21)43-30(41)8-6-7-28(37)38;1-2-3-4;1-2;/h9,21,23-27H,6-8,10-20H2,1-5H3,(H,36,42)(H,37,38)(H,39,40);3H,2H2,1H3;2H,1H3;1H4. The number of aliphatic carboxylic acids is 2. The van der Waals surface area contributed by atoms with Crippen LogP contribution in [0.2, 0.25) is 0 Å². The number of aliphatic hydroxyl groups excluding tert-OH is 1. The van der Waals surface area contributed by atoms with Crippen LogP contribution in [0, 0.1) is 51.2 Å². The molecule has 50 heavy (non-hydrogen) atoms. The van der Waals surface area contributed by atoms with Gasteiger partial charge >= 0.3 is 17.9 Å². The smallest absolute Gasteiger partial charge is 0.322 e. The molecule has 0 aliphatic heterocycles. The van der Waals surface area contributed by atoms with Crippen molar-refractivity contribution in [3.63, 3.8) is 0 Å². The van der Waals surface area contributed by atoms with E-state index in [0.29, 0.717) is 30.6 Å². The lowest BCUT2D eigenvalue weighted by atomic mass is 9.38. The van der Waals surface area contributed by atoms with Crippen LogP contribution in [0.25, 0.3) is 0 Å².